The summed E-state index contributed by atoms with van der Waals surface area (Å²) in [4.78, 5) is 26.7. The minimum absolute atomic E-state index is 0.327. The molecule has 1 N–H and O–H groups in total. The number of fused-ring (bicyclic) bond motifs is 1. The van der Waals surface area contributed by atoms with Crippen LogP contribution in [0.25, 0.3) is 0 Å². The molecule has 3 rings (SSSR count). The van der Waals surface area contributed by atoms with Crippen LogP contribution in [0.1, 0.15) is 42.9 Å². The lowest BCUT2D eigenvalue weighted by Gasteiger charge is -2.28. The van der Waals surface area contributed by atoms with E-state index in [4.69, 9.17) is 0 Å². The van der Waals surface area contributed by atoms with Gasteiger partial charge in [0.2, 0.25) is 0 Å². The topological polar surface area (TPSA) is 49.4 Å². The average Bonchev–Trinajstić information content (AvgIpc) is 2.66. The van der Waals surface area contributed by atoms with E-state index in [1.807, 2.05) is 42.5 Å². The van der Waals surface area contributed by atoms with Gasteiger partial charge in [-0.05, 0) is 41.5 Å². The molecule has 4 nitrogen and oxygen atoms in total. The summed E-state index contributed by atoms with van der Waals surface area (Å²) in [6, 6.07) is 15.8. The number of hydrogen-bond acceptors (Lipinski definition) is 2. The summed E-state index contributed by atoms with van der Waals surface area (Å²) in [5.74, 6) is -0.697. The van der Waals surface area contributed by atoms with E-state index in [1.54, 1.807) is 4.90 Å². The minimum Gasteiger partial charge on any atom is -0.330 e. The summed E-state index contributed by atoms with van der Waals surface area (Å²) < 4.78 is 0. The molecule has 1 atom stereocenters. The number of benzene rings is 2. The van der Waals surface area contributed by atoms with E-state index in [-0.39, 0.29) is 0 Å². The first kappa shape index (κ1) is 17.2. The molecule has 0 aliphatic carbocycles. The van der Waals surface area contributed by atoms with E-state index >= 15 is 0 Å². The number of hydrogen-bond donors (Lipinski definition) is 1. The summed E-state index contributed by atoms with van der Waals surface area (Å²) in [5.41, 5.74) is 4.17. The monoisotopic (exact) mass is 336 g/mol. The Balaban J connectivity index is 1.71. The van der Waals surface area contributed by atoms with E-state index in [0.29, 0.717) is 19.0 Å². The molecule has 0 spiro atoms. The van der Waals surface area contributed by atoms with Crippen LogP contribution in [-0.4, -0.2) is 23.3 Å². The Morgan fingerprint density at radius 1 is 1.08 bits per heavy atom. The fourth-order valence-electron chi connectivity index (χ4n) is 3.25. The second kappa shape index (κ2) is 7.51. The first-order valence-electron chi connectivity index (χ1n) is 8.86. The van der Waals surface area contributed by atoms with Crippen molar-refractivity contribution in [3.05, 3.63) is 65.2 Å². The Kier molecular flexibility index (Phi) is 5.17. The number of anilines is 1. The van der Waals surface area contributed by atoms with Crippen molar-refractivity contribution in [2.45, 2.75) is 39.2 Å². The highest BCUT2D eigenvalue weighted by Gasteiger charge is 2.26. The third-order valence-corrected chi connectivity index (χ3v) is 4.96. The summed E-state index contributed by atoms with van der Waals surface area (Å²) in [5, 5.41) is 2.82. The van der Waals surface area contributed by atoms with Crippen molar-refractivity contribution >= 4 is 17.5 Å². The van der Waals surface area contributed by atoms with E-state index < -0.39 is 11.8 Å². The van der Waals surface area contributed by atoms with Gasteiger partial charge in [0.05, 0.1) is 0 Å². The molecule has 4 heteroatoms. The predicted molar refractivity (Wildman–Crippen MR) is 99.3 cm³/mol. The molecule has 1 heterocycles. The molecule has 2 aromatic carbocycles. The van der Waals surface area contributed by atoms with Gasteiger partial charge in [-0.25, -0.2) is 0 Å². The van der Waals surface area contributed by atoms with Crippen LogP contribution >= 0.6 is 0 Å². The van der Waals surface area contributed by atoms with Gasteiger partial charge in [-0.3, -0.25) is 9.59 Å². The van der Waals surface area contributed by atoms with Crippen LogP contribution in [0.15, 0.2) is 48.5 Å². The van der Waals surface area contributed by atoms with Gasteiger partial charge in [0.1, 0.15) is 0 Å². The van der Waals surface area contributed by atoms with Gasteiger partial charge >= 0.3 is 11.8 Å². The number of para-hydroxylation sites is 1. The molecule has 0 aromatic heterocycles. The molecule has 130 valence electrons. The van der Waals surface area contributed by atoms with Gasteiger partial charge in [0, 0.05) is 18.8 Å². The first-order chi connectivity index (χ1) is 12.1. The third kappa shape index (κ3) is 3.73. The van der Waals surface area contributed by atoms with Crippen molar-refractivity contribution in [2.24, 2.45) is 0 Å². The fraction of sp³-hybridized carbons (Fsp3) is 0.333. The average molecular weight is 336 g/mol. The molecule has 0 bridgehead atoms. The Labute approximate surface area is 148 Å². The smallest absolute Gasteiger partial charge is 0.313 e. The normalized spacial score (nSPS) is 14.6. The van der Waals surface area contributed by atoms with Gasteiger partial charge in [0.15, 0.2) is 0 Å². The van der Waals surface area contributed by atoms with Crippen LogP contribution in [0.2, 0.25) is 0 Å². The van der Waals surface area contributed by atoms with Crippen molar-refractivity contribution in [1.29, 1.82) is 0 Å². The van der Waals surface area contributed by atoms with E-state index in [9.17, 15) is 9.59 Å². The lowest BCUT2D eigenvalue weighted by molar-refractivity contribution is -0.143. The molecular weight excluding hydrogens is 312 g/mol. The number of nitrogens with zero attached hydrogens (tertiary/aromatic N) is 1. The van der Waals surface area contributed by atoms with Crippen molar-refractivity contribution in [3.63, 3.8) is 0 Å². The molecule has 2 aromatic rings. The Bertz CT molecular complexity index is 785. The molecule has 0 fully saturated rings. The number of amides is 2. The molecule has 0 saturated heterocycles. The van der Waals surface area contributed by atoms with Gasteiger partial charge in [-0.1, -0.05) is 56.3 Å². The second-order valence-corrected chi connectivity index (χ2v) is 6.60. The van der Waals surface area contributed by atoms with Crippen molar-refractivity contribution < 1.29 is 9.59 Å². The van der Waals surface area contributed by atoms with Crippen LogP contribution in [-0.2, 0) is 22.6 Å². The Hall–Kier alpha value is -2.62. The van der Waals surface area contributed by atoms with Crippen molar-refractivity contribution in [3.8, 4) is 0 Å². The predicted octanol–water partition coefficient (Wildman–Crippen LogP) is 3.72. The van der Waals surface area contributed by atoms with Crippen LogP contribution in [0.4, 0.5) is 5.69 Å². The van der Waals surface area contributed by atoms with E-state index in [2.05, 4.69) is 25.2 Å². The van der Waals surface area contributed by atoms with Crippen LogP contribution in [0, 0.1) is 0 Å². The second-order valence-electron chi connectivity index (χ2n) is 6.60. The molecule has 1 aliphatic rings. The largest absolute Gasteiger partial charge is 0.330 e. The number of nitrogens with one attached hydrogen (secondary N) is 1. The zero-order chi connectivity index (χ0) is 17.8. The summed E-state index contributed by atoms with van der Waals surface area (Å²) in [6.45, 7) is 5.31. The standard InChI is InChI=1S/C21H24N2O2/c1-3-15(2)18-10-6-7-11-19(18)22-20(24)21(25)23-13-12-16-8-4-5-9-17(16)14-23/h4-11,15H,3,12-14H2,1-2H3,(H,22,24). The van der Waals surface area contributed by atoms with Gasteiger partial charge in [-0.15, -0.1) is 0 Å². The number of carbonyl (C=O) groups excluding carboxylic acids is 2. The number of rotatable bonds is 3. The quantitative estimate of drug-likeness (QED) is 0.869. The molecule has 25 heavy (non-hydrogen) atoms. The van der Waals surface area contributed by atoms with Gasteiger partial charge < -0.3 is 10.2 Å². The maximum atomic E-state index is 12.6. The highest BCUT2D eigenvalue weighted by atomic mass is 16.2. The third-order valence-electron chi connectivity index (χ3n) is 4.96. The lowest BCUT2D eigenvalue weighted by atomic mass is 9.97. The van der Waals surface area contributed by atoms with Crippen LogP contribution in [0.5, 0.6) is 0 Å². The molecule has 1 aliphatic heterocycles. The number of carbonyl (C=O) groups is 2. The van der Waals surface area contributed by atoms with E-state index in [1.165, 1.54) is 5.56 Å². The summed E-state index contributed by atoms with van der Waals surface area (Å²) in [6.07, 6.45) is 1.77. The zero-order valence-corrected chi connectivity index (χ0v) is 14.8. The molecular formula is C21H24N2O2. The first-order valence-corrected chi connectivity index (χ1v) is 8.86. The van der Waals surface area contributed by atoms with Crippen molar-refractivity contribution in [1.82, 2.24) is 4.90 Å². The van der Waals surface area contributed by atoms with Gasteiger partial charge in [-0.2, -0.15) is 0 Å². The summed E-state index contributed by atoms with van der Waals surface area (Å²) >= 11 is 0. The van der Waals surface area contributed by atoms with Crippen LogP contribution in [0.3, 0.4) is 0 Å². The molecule has 2 amide bonds. The summed E-state index contributed by atoms with van der Waals surface area (Å²) in [7, 11) is 0. The maximum Gasteiger partial charge on any atom is 0.313 e. The minimum atomic E-state index is -0.560. The van der Waals surface area contributed by atoms with E-state index in [0.717, 1.165) is 29.7 Å². The molecule has 0 saturated carbocycles. The van der Waals surface area contributed by atoms with Gasteiger partial charge in [0.25, 0.3) is 0 Å². The zero-order valence-electron chi connectivity index (χ0n) is 14.8. The highest BCUT2D eigenvalue weighted by molar-refractivity contribution is 6.39. The highest BCUT2D eigenvalue weighted by Crippen LogP contribution is 2.26. The molecule has 0 radical (unpaired) electrons. The SMILES string of the molecule is CCC(C)c1ccccc1NC(=O)C(=O)N1CCc2ccccc2C1. The lowest BCUT2D eigenvalue weighted by Crippen LogP contribution is -2.42. The maximum absolute atomic E-state index is 12.6. The fourth-order valence-corrected chi connectivity index (χ4v) is 3.25. The van der Waals surface area contributed by atoms with Crippen LogP contribution < -0.4 is 5.32 Å². The van der Waals surface area contributed by atoms with Crippen molar-refractivity contribution in [2.75, 3.05) is 11.9 Å². The Morgan fingerprint density at radius 2 is 1.76 bits per heavy atom. The molecule has 1 unspecified atom stereocenters. The Morgan fingerprint density at radius 3 is 2.52 bits per heavy atom.